The van der Waals surface area contributed by atoms with E-state index in [-0.39, 0.29) is 11.4 Å². The second-order valence-corrected chi connectivity index (χ2v) is 3.71. The first-order valence-corrected chi connectivity index (χ1v) is 5.17. The van der Waals surface area contributed by atoms with Crippen LogP contribution in [0.1, 0.15) is 5.76 Å². The first kappa shape index (κ1) is 12.9. The van der Waals surface area contributed by atoms with E-state index in [9.17, 15) is 18.7 Å². The van der Waals surface area contributed by atoms with Crippen LogP contribution in [0.2, 0.25) is 0 Å². The summed E-state index contributed by atoms with van der Waals surface area (Å²) in [5, 5.41) is 16.4. The molecule has 2 rings (SSSR count). The molecule has 0 aliphatic rings. The van der Waals surface area contributed by atoms with E-state index in [0.717, 1.165) is 12.1 Å². The van der Waals surface area contributed by atoms with E-state index in [1.54, 1.807) is 0 Å². The molecule has 7 heteroatoms. The van der Waals surface area contributed by atoms with Gasteiger partial charge < -0.3 is 9.52 Å². The maximum absolute atomic E-state index is 12.9. The second kappa shape index (κ2) is 4.97. The van der Waals surface area contributed by atoms with Gasteiger partial charge in [-0.1, -0.05) is 0 Å². The van der Waals surface area contributed by atoms with Gasteiger partial charge in [0.25, 0.3) is 0 Å². The minimum atomic E-state index is -0.891. The van der Waals surface area contributed by atoms with Crippen LogP contribution in [0, 0.1) is 18.6 Å². The average molecular weight is 266 g/mol. The molecule has 0 aliphatic heterocycles. The lowest BCUT2D eigenvalue weighted by molar-refractivity contribution is 0.437. The van der Waals surface area contributed by atoms with Crippen molar-refractivity contribution >= 4 is 11.4 Å². The van der Waals surface area contributed by atoms with Crippen LogP contribution >= 0.6 is 0 Å². The van der Waals surface area contributed by atoms with E-state index in [1.165, 1.54) is 13.0 Å². The molecule has 1 aromatic heterocycles. The van der Waals surface area contributed by atoms with Gasteiger partial charge in [0.1, 0.15) is 17.4 Å². The number of hydrogen-bond donors (Lipinski definition) is 1. The van der Waals surface area contributed by atoms with Gasteiger partial charge in [0.15, 0.2) is 5.75 Å². The maximum atomic E-state index is 12.9. The summed E-state index contributed by atoms with van der Waals surface area (Å²) in [4.78, 5) is 11.4. The van der Waals surface area contributed by atoms with E-state index in [1.807, 2.05) is 0 Å². The minimum Gasteiger partial charge on any atom is -0.505 e. The standard InChI is InChI=1S/C12H8F2N2O3/c1-6-2-10(17)11(12(18)19-6)16-15-9-4-7(13)3-8(14)5-9/h2-5,17H,1H3. The van der Waals surface area contributed by atoms with Gasteiger partial charge in [-0.2, -0.15) is 0 Å². The highest BCUT2D eigenvalue weighted by molar-refractivity contribution is 5.48. The summed E-state index contributed by atoms with van der Waals surface area (Å²) < 4.78 is 30.5. The van der Waals surface area contributed by atoms with Crippen molar-refractivity contribution in [2.45, 2.75) is 6.92 Å². The van der Waals surface area contributed by atoms with Crippen molar-refractivity contribution in [3.8, 4) is 5.75 Å². The largest absolute Gasteiger partial charge is 0.505 e. The fourth-order valence-electron chi connectivity index (χ4n) is 1.39. The second-order valence-electron chi connectivity index (χ2n) is 3.71. The van der Waals surface area contributed by atoms with Gasteiger partial charge in [-0.25, -0.2) is 13.6 Å². The fraction of sp³-hybridized carbons (Fsp3) is 0.0833. The lowest BCUT2D eigenvalue weighted by Gasteiger charge is -1.97. The van der Waals surface area contributed by atoms with E-state index in [2.05, 4.69) is 10.2 Å². The van der Waals surface area contributed by atoms with Gasteiger partial charge in [0, 0.05) is 24.3 Å². The molecule has 0 amide bonds. The monoisotopic (exact) mass is 266 g/mol. The third-order valence-electron chi connectivity index (χ3n) is 2.14. The molecule has 0 fully saturated rings. The zero-order valence-electron chi connectivity index (χ0n) is 9.72. The van der Waals surface area contributed by atoms with Crippen molar-refractivity contribution < 1.29 is 18.3 Å². The molecule has 5 nitrogen and oxygen atoms in total. The van der Waals surface area contributed by atoms with E-state index in [4.69, 9.17) is 4.42 Å². The molecule has 0 saturated carbocycles. The molecule has 19 heavy (non-hydrogen) atoms. The van der Waals surface area contributed by atoms with Crippen LogP contribution in [-0.2, 0) is 0 Å². The van der Waals surface area contributed by atoms with E-state index in [0.29, 0.717) is 6.07 Å². The summed E-state index contributed by atoms with van der Waals surface area (Å²) in [7, 11) is 0. The third-order valence-corrected chi connectivity index (χ3v) is 2.14. The van der Waals surface area contributed by atoms with E-state index >= 15 is 0 Å². The van der Waals surface area contributed by atoms with Crippen molar-refractivity contribution in [3.05, 3.63) is 52.1 Å². The molecular formula is C12H8F2N2O3. The first-order chi connectivity index (χ1) is 8.95. The lowest BCUT2D eigenvalue weighted by atomic mass is 10.3. The fourth-order valence-corrected chi connectivity index (χ4v) is 1.39. The quantitative estimate of drug-likeness (QED) is 0.847. The summed E-state index contributed by atoms with van der Waals surface area (Å²) in [6.45, 7) is 1.48. The molecule has 0 unspecified atom stereocenters. The van der Waals surface area contributed by atoms with Crippen LogP contribution in [0.15, 0.2) is 43.7 Å². The van der Waals surface area contributed by atoms with Crippen LogP contribution in [0.4, 0.5) is 20.2 Å². The Morgan fingerprint density at radius 2 is 1.74 bits per heavy atom. The Kier molecular flexibility index (Phi) is 3.37. The Bertz CT molecular complexity index is 690. The molecule has 0 spiro atoms. The van der Waals surface area contributed by atoms with Gasteiger partial charge in [-0.15, -0.1) is 10.2 Å². The molecule has 1 aromatic carbocycles. The number of nitrogens with zero attached hydrogens (tertiary/aromatic N) is 2. The molecule has 0 saturated heterocycles. The Labute approximate surface area is 105 Å². The van der Waals surface area contributed by atoms with Crippen LogP contribution in [0.3, 0.4) is 0 Å². The van der Waals surface area contributed by atoms with E-state index < -0.39 is 28.7 Å². The molecule has 0 radical (unpaired) electrons. The zero-order valence-corrected chi connectivity index (χ0v) is 9.72. The highest BCUT2D eigenvalue weighted by Gasteiger charge is 2.09. The maximum Gasteiger partial charge on any atom is 0.367 e. The lowest BCUT2D eigenvalue weighted by Crippen LogP contribution is -1.98. The number of benzene rings is 1. The molecular weight excluding hydrogens is 258 g/mol. The van der Waals surface area contributed by atoms with Crippen molar-refractivity contribution in [1.82, 2.24) is 0 Å². The Balaban J connectivity index is 2.41. The number of rotatable bonds is 2. The molecule has 0 atom stereocenters. The number of hydrogen-bond acceptors (Lipinski definition) is 5. The third kappa shape index (κ3) is 3.01. The van der Waals surface area contributed by atoms with Gasteiger partial charge in [0.2, 0.25) is 5.69 Å². The summed E-state index contributed by atoms with van der Waals surface area (Å²) in [6.07, 6.45) is 0. The number of aryl methyl sites for hydroxylation is 1. The van der Waals surface area contributed by atoms with Crippen molar-refractivity contribution in [3.63, 3.8) is 0 Å². The number of aromatic hydroxyl groups is 1. The molecule has 0 aliphatic carbocycles. The average Bonchev–Trinajstić information content (AvgIpc) is 2.25. The van der Waals surface area contributed by atoms with Gasteiger partial charge >= 0.3 is 5.63 Å². The predicted molar refractivity (Wildman–Crippen MR) is 61.9 cm³/mol. The first-order valence-electron chi connectivity index (χ1n) is 5.17. The highest BCUT2D eigenvalue weighted by Crippen LogP contribution is 2.25. The van der Waals surface area contributed by atoms with Crippen LogP contribution < -0.4 is 5.63 Å². The van der Waals surface area contributed by atoms with Crippen molar-refractivity contribution in [2.24, 2.45) is 10.2 Å². The van der Waals surface area contributed by atoms with Crippen LogP contribution in [0.25, 0.3) is 0 Å². The van der Waals surface area contributed by atoms with Gasteiger partial charge in [0.05, 0.1) is 5.69 Å². The Morgan fingerprint density at radius 3 is 2.32 bits per heavy atom. The SMILES string of the molecule is Cc1cc(O)c(N=Nc2cc(F)cc(F)c2)c(=O)o1. The van der Waals surface area contributed by atoms with Crippen molar-refractivity contribution in [1.29, 1.82) is 0 Å². The number of azo groups is 1. The highest BCUT2D eigenvalue weighted by atomic mass is 19.1. The topological polar surface area (TPSA) is 75.2 Å². The predicted octanol–water partition coefficient (Wildman–Crippen LogP) is 3.35. The summed E-state index contributed by atoms with van der Waals surface area (Å²) in [6, 6.07) is 3.72. The summed E-state index contributed by atoms with van der Waals surface area (Å²) in [5.74, 6) is -1.86. The molecule has 98 valence electrons. The smallest absolute Gasteiger partial charge is 0.367 e. The minimum absolute atomic E-state index is 0.128. The molecule has 2 aromatic rings. The van der Waals surface area contributed by atoms with Crippen molar-refractivity contribution in [2.75, 3.05) is 0 Å². The van der Waals surface area contributed by atoms with Gasteiger partial charge in [-0.3, -0.25) is 0 Å². The summed E-state index contributed by atoms with van der Waals surface area (Å²) >= 11 is 0. The molecule has 1 heterocycles. The summed E-state index contributed by atoms with van der Waals surface area (Å²) in [5.41, 5.74) is -1.45. The normalized spacial score (nSPS) is 11.1. The zero-order chi connectivity index (χ0) is 14.0. The Hall–Kier alpha value is -2.57. The Morgan fingerprint density at radius 1 is 1.11 bits per heavy atom. The van der Waals surface area contributed by atoms with Gasteiger partial charge in [-0.05, 0) is 6.92 Å². The number of halogens is 2. The molecule has 0 bridgehead atoms. The molecule has 1 N–H and O–H groups in total. The van der Waals surface area contributed by atoms with Crippen LogP contribution in [-0.4, -0.2) is 5.11 Å². The van der Waals surface area contributed by atoms with Crippen LogP contribution in [0.5, 0.6) is 5.75 Å².